The zero-order valence-corrected chi connectivity index (χ0v) is 20.3. The lowest BCUT2D eigenvalue weighted by molar-refractivity contribution is -0.180. The molecule has 2 heterocycles. The van der Waals surface area contributed by atoms with Gasteiger partial charge in [-0.3, -0.25) is 9.69 Å². The van der Waals surface area contributed by atoms with Crippen LogP contribution >= 0.6 is 0 Å². The van der Waals surface area contributed by atoms with Crippen molar-refractivity contribution in [1.29, 1.82) is 0 Å². The Kier molecular flexibility index (Phi) is 6.56. The number of hydrogen-bond donors (Lipinski definition) is 0. The molecule has 31 heavy (non-hydrogen) atoms. The Hall–Kier alpha value is -1.33. The maximum atomic E-state index is 13.5. The zero-order chi connectivity index (χ0) is 22.2. The van der Waals surface area contributed by atoms with Crippen molar-refractivity contribution in [2.45, 2.75) is 91.0 Å². The van der Waals surface area contributed by atoms with Gasteiger partial charge in [0, 0.05) is 32.7 Å². The van der Waals surface area contributed by atoms with Gasteiger partial charge in [0.1, 0.15) is 5.76 Å². The second-order valence-electron chi connectivity index (χ2n) is 11.0. The summed E-state index contributed by atoms with van der Waals surface area (Å²) in [6.45, 7) is 15.4. The highest BCUT2D eigenvalue weighted by Gasteiger charge is 2.46. The van der Waals surface area contributed by atoms with Crippen LogP contribution < -0.4 is 0 Å². The largest absolute Gasteiger partial charge is 0.491 e. The number of allylic oxidation sites excluding steroid dienone is 2. The number of likely N-dealkylation sites (tertiary alicyclic amines) is 1. The van der Waals surface area contributed by atoms with Crippen molar-refractivity contribution in [2.24, 2.45) is 11.3 Å². The third-order valence-electron chi connectivity index (χ3n) is 7.53. The van der Waals surface area contributed by atoms with Gasteiger partial charge < -0.3 is 14.4 Å². The lowest BCUT2D eigenvalue weighted by Gasteiger charge is -2.51. The molecule has 0 bridgehead atoms. The van der Waals surface area contributed by atoms with E-state index in [-0.39, 0.29) is 17.6 Å². The predicted octanol–water partition coefficient (Wildman–Crippen LogP) is 4.53. The normalized spacial score (nSPS) is 31.5. The van der Waals surface area contributed by atoms with Gasteiger partial charge in [-0.25, -0.2) is 0 Å². The van der Waals surface area contributed by atoms with Gasteiger partial charge in [0.05, 0.1) is 23.2 Å². The molecule has 1 saturated carbocycles. The van der Waals surface area contributed by atoms with Crippen LogP contribution in [0.15, 0.2) is 23.5 Å². The molecule has 0 aromatic carbocycles. The van der Waals surface area contributed by atoms with E-state index in [1.165, 1.54) is 19.4 Å². The first kappa shape index (κ1) is 22.8. The monoisotopic (exact) mass is 430 g/mol. The summed E-state index contributed by atoms with van der Waals surface area (Å²) in [6, 6.07) is 0. The molecule has 1 unspecified atom stereocenters. The second-order valence-corrected chi connectivity index (χ2v) is 11.0. The van der Waals surface area contributed by atoms with Gasteiger partial charge in [-0.05, 0) is 83.8 Å². The first-order chi connectivity index (χ1) is 14.7. The van der Waals surface area contributed by atoms with Crippen molar-refractivity contribution in [3.8, 4) is 0 Å². The fourth-order valence-corrected chi connectivity index (χ4v) is 5.60. The lowest BCUT2D eigenvalue weighted by Crippen LogP contribution is -2.61. The molecule has 174 valence electrons. The van der Waals surface area contributed by atoms with Crippen molar-refractivity contribution in [3.05, 3.63) is 23.5 Å². The molecule has 0 radical (unpaired) electrons. The van der Waals surface area contributed by atoms with Crippen LogP contribution in [-0.4, -0.2) is 66.2 Å². The van der Waals surface area contributed by atoms with E-state index in [4.69, 9.17) is 9.47 Å². The number of piperidine rings is 1. The molecule has 4 rings (SSSR count). The first-order valence-corrected chi connectivity index (χ1v) is 12.5. The SMILES string of the molecule is CCC1CN(CC2CC2)CC2(CCN(C(=O)[C@]3(C)C=CC(OC(C)C)=C(C)C3)CC2)O1. The molecule has 0 N–H and O–H groups in total. The van der Waals surface area contributed by atoms with E-state index in [1.807, 2.05) is 19.9 Å². The van der Waals surface area contributed by atoms with Gasteiger partial charge in [-0.2, -0.15) is 0 Å². The smallest absolute Gasteiger partial charge is 0.232 e. The minimum absolute atomic E-state index is 0.0675. The molecule has 0 aromatic rings. The zero-order valence-electron chi connectivity index (χ0n) is 20.3. The predicted molar refractivity (Wildman–Crippen MR) is 124 cm³/mol. The van der Waals surface area contributed by atoms with Crippen LogP contribution in [0.4, 0.5) is 0 Å². The van der Waals surface area contributed by atoms with Gasteiger partial charge in [0.2, 0.25) is 5.91 Å². The summed E-state index contributed by atoms with van der Waals surface area (Å²) in [6.07, 6.45) is 11.0. The van der Waals surface area contributed by atoms with E-state index in [9.17, 15) is 4.79 Å². The fourth-order valence-electron chi connectivity index (χ4n) is 5.60. The fraction of sp³-hybridized carbons (Fsp3) is 0.808. The van der Waals surface area contributed by atoms with E-state index in [0.717, 1.165) is 69.1 Å². The van der Waals surface area contributed by atoms with E-state index in [1.54, 1.807) is 0 Å². The van der Waals surface area contributed by atoms with Crippen LogP contribution in [0.3, 0.4) is 0 Å². The number of nitrogens with zero attached hydrogens (tertiary/aromatic N) is 2. The van der Waals surface area contributed by atoms with Gasteiger partial charge in [-0.15, -0.1) is 0 Å². The van der Waals surface area contributed by atoms with Crippen molar-refractivity contribution in [2.75, 3.05) is 32.7 Å². The molecule has 4 aliphatic rings. The van der Waals surface area contributed by atoms with Gasteiger partial charge >= 0.3 is 0 Å². The maximum Gasteiger partial charge on any atom is 0.232 e. The van der Waals surface area contributed by atoms with E-state index in [0.29, 0.717) is 6.10 Å². The standard InChI is InChI=1S/C26H42N2O3/c1-6-22-17-27(16-21-7-8-21)18-26(31-22)11-13-28(14-12-26)24(29)25(5)10-9-23(20(4)15-25)30-19(2)3/h9-10,19,21-22H,6-8,11-18H2,1-5H3/t22?,25-/m1/s1. The summed E-state index contributed by atoms with van der Waals surface area (Å²) >= 11 is 0. The molecule has 2 aliphatic heterocycles. The molecule has 3 fully saturated rings. The van der Waals surface area contributed by atoms with Gasteiger partial charge in [0.15, 0.2) is 0 Å². The minimum atomic E-state index is -0.476. The van der Waals surface area contributed by atoms with Crippen LogP contribution in [-0.2, 0) is 14.3 Å². The third-order valence-corrected chi connectivity index (χ3v) is 7.53. The van der Waals surface area contributed by atoms with Crippen LogP contribution in [0.2, 0.25) is 0 Å². The molecule has 5 nitrogen and oxygen atoms in total. The molecule has 1 amide bonds. The number of rotatable bonds is 6. The van der Waals surface area contributed by atoms with Crippen molar-refractivity contribution >= 4 is 5.91 Å². The summed E-state index contributed by atoms with van der Waals surface area (Å²) in [4.78, 5) is 18.3. The van der Waals surface area contributed by atoms with Crippen LogP contribution in [0.1, 0.15) is 73.1 Å². The Morgan fingerprint density at radius 3 is 2.58 bits per heavy atom. The molecule has 2 aliphatic carbocycles. The quantitative estimate of drug-likeness (QED) is 0.621. The average Bonchev–Trinajstić information content (AvgIpc) is 3.53. The lowest BCUT2D eigenvalue weighted by atomic mass is 9.77. The van der Waals surface area contributed by atoms with E-state index < -0.39 is 5.41 Å². The molecule has 2 atom stereocenters. The Morgan fingerprint density at radius 2 is 2.00 bits per heavy atom. The summed E-state index contributed by atoms with van der Waals surface area (Å²) in [7, 11) is 0. The molecular weight excluding hydrogens is 388 g/mol. The summed E-state index contributed by atoms with van der Waals surface area (Å²) < 4.78 is 12.6. The molecule has 1 spiro atoms. The number of carbonyl (C=O) groups is 1. The highest BCUT2D eigenvalue weighted by atomic mass is 16.5. The minimum Gasteiger partial charge on any atom is -0.491 e. The Balaban J connectivity index is 1.37. The Morgan fingerprint density at radius 1 is 1.29 bits per heavy atom. The number of carbonyl (C=O) groups excluding carboxylic acids is 1. The van der Waals surface area contributed by atoms with Gasteiger partial charge in [-0.1, -0.05) is 13.0 Å². The number of hydrogen-bond acceptors (Lipinski definition) is 4. The first-order valence-electron chi connectivity index (χ1n) is 12.5. The van der Waals surface area contributed by atoms with E-state index >= 15 is 0 Å². The second kappa shape index (κ2) is 8.90. The number of amides is 1. The van der Waals surface area contributed by atoms with Crippen LogP contribution in [0.25, 0.3) is 0 Å². The van der Waals surface area contributed by atoms with E-state index in [2.05, 4.69) is 36.6 Å². The molecular formula is C26H42N2O3. The number of ether oxygens (including phenoxy) is 2. The van der Waals surface area contributed by atoms with Crippen molar-refractivity contribution < 1.29 is 14.3 Å². The summed E-state index contributed by atoms with van der Waals surface area (Å²) in [5.41, 5.74) is 0.621. The topological polar surface area (TPSA) is 42.0 Å². The van der Waals surface area contributed by atoms with Crippen molar-refractivity contribution in [3.63, 3.8) is 0 Å². The van der Waals surface area contributed by atoms with Gasteiger partial charge in [0.25, 0.3) is 0 Å². The summed E-state index contributed by atoms with van der Waals surface area (Å²) in [5.74, 6) is 2.09. The van der Waals surface area contributed by atoms with Crippen molar-refractivity contribution in [1.82, 2.24) is 9.80 Å². The number of morpholine rings is 1. The Labute approximate surface area is 188 Å². The molecule has 5 heteroatoms. The Bertz CT molecular complexity index is 731. The molecule has 2 saturated heterocycles. The highest BCUT2D eigenvalue weighted by molar-refractivity contribution is 5.85. The maximum absolute atomic E-state index is 13.5. The average molecular weight is 431 g/mol. The summed E-state index contributed by atoms with van der Waals surface area (Å²) in [5, 5.41) is 0. The van der Waals surface area contributed by atoms with Crippen LogP contribution in [0, 0.1) is 11.3 Å². The van der Waals surface area contributed by atoms with Crippen LogP contribution in [0.5, 0.6) is 0 Å². The molecule has 0 aromatic heterocycles. The highest BCUT2D eigenvalue weighted by Crippen LogP contribution is 2.40. The third kappa shape index (κ3) is 5.19.